The van der Waals surface area contributed by atoms with Crippen LogP contribution in [0.1, 0.15) is 39.5 Å². The summed E-state index contributed by atoms with van der Waals surface area (Å²) >= 11 is 0. The Bertz CT molecular complexity index is 1870. The third-order valence-corrected chi connectivity index (χ3v) is 9.70. The molecule has 2 fully saturated rings. The number of benzene rings is 5. The number of ether oxygens (including phenoxy) is 6. The summed E-state index contributed by atoms with van der Waals surface area (Å²) in [4.78, 5) is 2.30. The molecule has 272 valence electrons. The lowest BCUT2D eigenvalue weighted by Gasteiger charge is -2.47. The minimum Gasteiger partial charge on any atom is -0.378 e. The first-order chi connectivity index (χ1) is 26.2. The van der Waals surface area contributed by atoms with Gasteiger partial charge < -0.3 is 33.3 Å². The molecule has 7 rings (SSSR count). The minimum atomic E-state index is -0.618. The number of nitrogens with zero attached hydrogens (tertiary/aromatic N) is 2. The van der Waals surface area contributed by atoms with E-state index in [4.69, 9.17) is 28.4 Å². The van der Waals surface area contributed by atoms with Crippen molar-refractivity contribution in [3.05, 3.63) is 173 Å². The topological polar surface area (TPSA) is 82.4 Å². The monoisotopic (exact) mass is 710 g/mol. The molecule has 8 nitrogen and oxygen atoms in total. The van der Waals surface area contributed by atoms with Crippen molar-refractivity contribution in [2.45, 2.75) is 56.9 Å². The van der Waals surface area contributed by atoms with Crippen molar-refractivity contribution >= 4 is 5.69 Å². The highest BCUT2D eigenvalue weighted by Crippen LogP contribution is 2.42. The predicted molar refractivity (Wildman–Crippen MR) is 203 cm³/mol. The molecule has 0 radical (unpaired) electrons. The summed E-state index contributed by atoms with van der Waals surface area (Å²) < 4.78 is 40.1. The zero-order chi connectivity index (χ0) is 36.1. The van der Waals surface area contributed by atoms with Crippen molar-refractivity contribution in [1.82, 2.24) is 0 Å². The van der Waals surface area contributed by atoms with Crippen molar-refractivity contribution in [2.24, 2.45) is 0 Å². The Hall–Kier alpha value is -4.85. The van der Waals surface area contributed by atoms with Crippen LogP contribution >= 0.6 is 0 Å². The van der Waals surface area contributed by atoms with Crippen LogP contribution in [0.5, 0.6) is 0 Å². The molecule has 0 spiro atoms. The van der Waals surface area contributed by atoms with Crippen molar-refractivity contribution < 1.29 is 28.4 Å². The van der Waals surface area contributed by atoms with E-state index in [2.05, 4.69) is 59.5 Å². The minimum absolute atomic E-state index is 0.256. The summed E-state index contributed by atoms with van der Waals surface area (Å²) in [6.45, 7) is 4.40. The van der Waals surface area contributed by atoms with Gasteiger partial charge in [0, 0.05) is 24.3 Å². The molecular formula is C45H46N2O6. The summed E-state index contributed by atoms with van der Waals surface area (Å²) in [7, 11) is 0. The SMILES string of the molecule is N#Cc1ccc(N2CCOCC2)c(C2O[C@H](COCc3ccccc3)[C@@H](OCc3ccccc3)C(OCc3ccccc3)[C@H]2OCc2ccccc2)c1. The first kappa shape index (κ1) is 36.5. The second-order valence-electron chi connectivity index (χ2n) is 13.4. The van der Waals surface area contributed by atoms with Crippen molar-refractivity contribution in [3.63, 3.8) is 0 Å². The zero-order valence-electron chi connectivity index (χ0n) is 29.9. The van der Waals surface area contributed by atoms with E-state index in [0.29, 0.717) is 45.2 Å². The fourth-order valence-electron chi connectivity index (χ4n) is 6.98. The normalized spacial score (nSPS) is 21.6. The Morgan fingerprint density at radius 2 is 1.08 bits per heavy atom. The molecule has 5 aromatic carbocycles. The number of hydrogen-bond donors (Lipinski definition) is 0. The smallest absolute Gasteiger partial charge is 0.117 e. The highest BCUT2D eigenvalue weighted by atomic mass is 16.6. The Balaban J connectivity index is 1.30. The number of morpholine rings is 1. The second-order valence-corrected chi connectivity index (χ2v) is 13.4. The van der Waals surface area contributed by atoms with E-state index in [9.17, 15) is 5.26 Å². The Morgan fingerprint density at radius 3 is 1.60 bits per heavy atom. The van der Waals surface area contributed by atoms with E-state index in [1.807, 2.05) is 91.0 Å². The molecule has 0 amide bonds. The Labute approximate surface area is 312 Å². The Kier molecular flexibility index (Phi) is 12.9. The lowest BCUT2D eigenvalue weighted by Crippen LogP contribution is -2.58. The van der Waals surface area contributed by atoms with E-state index < -0.39 is 30.5 Å². The van der Waals surface area contributed by atoms with Gasteiger partial charge in [-0.15, -0.1) is 0 Å². The molecule has 0 bridgehead atoms. The van der Waals surface area contributed by atoms with E-state index in [-0.39, 0.29) is 6.61 Å². The summed E-state index contributed by atoms with van der Waals surface area (Å²) in [5.74, 6) is 0. The lowest BCUT2D eigenvalue weighted by molar-refractivity contribution is -0.275. The van der Waals surface area contributed by atoms with E-state index >= 15 is 0 Å². The van der Waals surface area contributed by atoms with Gasteiger partial charge in [-0.3, -0.25) is 0 Å². The number of hydrogen-bond acceptors (Lipinski definition) is 8. The van der Waals surface area contributed by atoms with Gasteiger partial charge in [0.2, 0.25) is 0 Å². The van der Waals surface area contributed by atoms with Crippen LogP contribution < -0.4 is 4.90 Å². The van der Waals surface area contributed by atoms with Crippen molar-refractivity contribution in [2.75, 3.05) is 37.8 Å². The Morgan fingerprint density at radius 1 is 0.585 bits per heavy atom. The van der Waals surface area contributed by atoms with Crippen LogP contribution in [0.25, 0.3) is 0 Å². The van der Waals surface area contributed by atoms with Gasteiger partial charge in [-0.05, 0) is 40.5 Å². The van der Waals surface area contributed by atoms with E-state index in [1.54, 1.807) is 0 Å². The van der Waals surface area contributed by atoms with Crippen LogP contribution in [0.15, 0.2) is 140 Å². The fourth-order valence-corrected chi connectivity index (χ4v) is 6.98. The third kappa shape index (κ3) is 9.78. The van der Waals surface area contributed by atoms with Gasteiger partial charge >= 0.3 is 0 Å². The average molecular weight is 711 g/mol. The van der Waals surface area contributed by atoms with Crippen LogP contribution in [-0.4, -0.2) is 57.3 Å². The van der Waals surface area contributed by atoms with E-state index in [1.165, 1.54) is 0 Å². The van der Waals surface area contributed by atoms with Crippen LogP contribution in [0.2, 0.25) is 0 Å². The number of nitriles is 1. The molecular weight excluding hydrogens is 665 g/mol. The number of anilines is 1. The summed E-state index contributed by atoms with van der Waals surface area (Å²) in [5.41, 5.74) is 6.58. The third-order valence-electron chi connectivity index (χ3n) is 9.70. The van der Waals surface area contributed by atoms with E-state index in [0.717, 1.165) is 46.6 Å². The summed E-state index contributed by atoms with van der Waals surface area (Å²) in [5, 5.41) is 10.1. The highest BCUT2D eigenvalue weighted by Gasteiger charge is 2.49. The predicted octanol–water partition coefficient (Wildman–Crippen LogP) is 7.81. The first-order valence-electron chi connectivity index (χ1n) is 18.4. The molecule has 5 aromatic rings. The summed E-state index contributed by atoms with van der Waals surface area (Å²) in [6, 6.07) is 48.7. The first-order valence-corrected chi connectivity index (χ1v) is 18.4. The van der Waals surface area contributed by atoms with Gasteiger partial charge in [-0.25, -0.2) is 0 Å². The number of rotatable bonds is 15. The molecule has 53 heavy (non-hydrogen) atoms. The average Bonchev–Trinajstić information content (AvgIpc) is 3.23. The maximum atomic E-state index is 10.1. The molecule has 2 heterocycles. The van der Waals surface area contributed by atoms with Crippen LogP contribution in [-0.2, 0) is 54.8 Å². The molecule has 2 aliphatic rings. The fraction of sp³-hybridized carbons (Fsp3) is 0.311. The second kappa shape index (κ2) is 18.8. The highest BCUT2D eigenvalue weighted by molar-refractivity contribution is 5.58. The molecule has 0 N–H and O–H groups in total. The van der Waals surface area contributed by atoms with Crippen LogP contribution in [0.4, 0.5) is 5.69 Å². The molecule has 0 aromatic heterocycles. The van der Waals surface area contributed by atoms with Gasteiger partial charge in [0.05, 0.1) is 57.9 Å². The lowest BCUT2D eigenvalue weighted by atomic mass is 9.88. The standard InChI is InChI=1S/C45H46N2O6/c46-28-38-21-22-40(47-23-25-48-26-24-47)39(27-38)42-44(51-31-36-17-9-3-10-18-36)45(52-32-37-19-11-4-12-20-37)43(50-30-35-15-7-2-8-16-35)41(53-42)33-49-29-34-13-5-1-6-14-34/h1-22,27,41-45H,23-26,29-33H2/t41-,42?,43-,44+,45?/m1/s1. The zero-order valence-corrected chi connectivity index (χ0v) is 29.9. The van der Waals surface area contributed by atoms with Gasteiger partial charge in [-0.1, -0.05) is 121 Å². The van der Waals surface area contributed by atoms with Gasteiger partial charge in [0.15, 0.2) is 0 Å². The maximum absolute atomic E-state index is 10.1. The van der Waals surface area contributed by atoms with Crippen molar-refractivity contribution in [1.29, 1.82) is 5.26 Å². The van der Waals surface area contributed by atoms with Gasteiger partial charge in [0.1, 0.15) is 30.5 Å². The molecule has 2 unspecified atom stereocenters. The van der Waals surface area contributed by atoms with Crippen molar-refractivity contribution in [3.8, 4) is 6.07 Å². The van der Waals surface area contributed by atoms with Gasteiger partial charge in [-0.2, -0.15) is 5.26 Å². The van der Waals surface area contributed by atoms with Crippen LogP contribution in [0, 0.1) is 11.3 Å². The largest absolute Gasteiger partial charge is 0.378 e. The molecule has 8 heteroatoms. The summed E-state index contributed by atoms with van der Waals surface area (Å²) in [6.07, 6.45) is -2.90. The molecule has 0 aliphatic carbocycles. The molecule has 2 saturated heterocycles. The maximum Gasteiger partial charge on any atom is 0.117 e. The molecule has 0 saturated carbocycles. The quantitative estimate of drug-likeness (QED) is 0.109. The molecule has 2 aliphatic heterocycles. The van der Waals surface area contributed by atoms with Gasteiger partial charge in [0.25, 0.3) is 0 Å². The molecule has 5 atom stereocenters. The van der Waals surface area contributed by atoms with Crippen LogP contribution in [0.3, 0.4) is 0 Å².